The first-order chi connectivity index (χ1) is 17.6. The van der Waals surface area contributed by atoms with E-state index in [2.05, 4.69) is 20.4 Å². The highest BCUT2D eigenvalue weighted by atomic mass is 35.5. The zero-order valence-electron chi connectivity index (χ0n) is 20.2. The lowest BCUT2D eigenvalue weighted by molar-refractivity contribution is -0.137. The summed E-state index contributed by atoms with van der Waals surface area (Å²) in [6.45, 7) is 3.40. The van der Waals surface area contributed by atoms with E-state index in [1.54, 1.807) is 36.4 Å². The van der Waals surface area contributed by atoms with Gasteiger partial charge in [-0.15, -0.1) is 0 Å². The van der Waals surface area contributed by atoms with E-state index >= 15 is 0 Å². The lowest BCUT2D eigenvalue weighted by Gasteiger charge is -2.37. The number of halogens is 5. The van der Waals surface area contributed by atoms with Crippen LogP contribution in [0, 0.1) is 0 Å². The average molecular weight is 551 g/mol. The molecule has 1 amide bonds. The molecule has 0 aliphatic carbocycles. The molecule has 1 atom stereocenters. The number of alkyl halides is 3. The van der Waals surface area contributed by atoms with Crippen molar-refractivity contribution < 1.29 is 18.0 Å². The third-order valence-corrected chi connectivity index (χ3v) is 6.68. The number of benzene rings is 3. The van der Waals surface area contributed by atoms with Crippen LogP contribution in [0.2, 0.25) is 10.0 Å². The van der Waals surface area contributed by atoms with Gasteiger partial charge < -0.3 is 15.5 Å². The summed E-state index contributed by atoms with van der Waals surface area (Å²) in [6.07, 6.45) is -4.42. The Morgan fingerprint density at radius 3 is 2.19 bits per heavy atom. The van der Waals surface area contributed by atoms with Crippen molar-refractivity contribution in [2.45, 2.75) is 18.8 Å². The molecule has 2 N–H and O–H groups in total. The molecule has 1 aliphatic heterocycles. The van der Waals surface area contributed by atoms with Gasteiger partial charge in [0.15, 0.2) is 0 Å². The van der Waals surface area contributed by atoms with Crippen molar-refractivity contribution in [1.29, 1.82) is 0 Å². The molecular formula is C27H27Cl2F3N4O. The Labute approximate surface area is 224 Å². The van der Waals surface area contributed by atoms with Crippen LogP contribution in [0.5, 0.6) is 0 Å². The Hall–Kier alpha value is -2.78. The summed E-state index contributed by atoms with van der Waals surface area (Å²) >= 11 is 12.2. The SMILES string of the molecule is CN1CCN(C(C(=O)NCc2cc(Cl)cc(Cl)c2)c2ccc(Nc3cccc(C(F)(F)F)c3)cc2)CC1. The molecule has 0 aromatic heterocycles. The molecule has 1 saturated heterocycles. The van der Waals surface area contributed by atoms with Crippen LogP contribution in [-0.2, 0) is 17.5 Å². The van der Waals surface area contributed by atoms with Gasteiger partial charge in [-0.25, -0.2) is 0 Å². The minimum Gasteiger partial charge on any atom is -0.356 e. The fourth-order valence-electron chi connectivity index (χ4n) is 4.30. The summed E-state index contributed by atoms with van der Waals surface area (Å²) in [5.74, 6) is -0.153. The predicted octanol–water partition coefficient (Wildman–Crippen LogP) is 6.36. The Balaban J connectivity index is 1.51. The van der Waals surface area contributed by atoms with Crippen molar-refractivity contribution in [2.75, 3.05) is 38.5 Å². The number of hydrogen-bond acceptors (Lipinski definition) is 4. The number of nitrogens with one attached hydrogen (secondary N) is 2. The van der Waals surface area contributed by atoms with Gasteiger partial charge in [-0.2, -0.15) is 13.2 Å². The Kier molecular flexibility index (Phi) is 8.64. The van der Waals surface area contributed by atoms with E-state index < -0.39 is 17.8 Å². The summed E-state index contributed by atoms with van der Waals surface area (Å²) in [6, 6.07) is 16.9. The largest absolute Gasteiger partial charge is 0.416 e. The van der Waals surface area contributed by atoms with Crippen molar-refractivity contribution in [1.82, 2.24) is 15.1 Å². The molecular weight excluding hydrogens is 524 g/mol. The standard InChI is InChI=1S/C27H27Cl2F3N4O/c1-35-9-11-36(12-10-35)25(26(37)33-17-18-13-21(28)16-22(29)14-18)19-5-7-23(8-6-19)34-24-4-2-3-20(15-24)27(30,31)32/h2-8,13-16,25,34H,9-12,17H2,1H3,(H,33,37). The van der Waals surface area contributed by atoms with Gasteiger partial charge in [-0.05, 0) is 66.7 Å². The Morgan fingerprint density at radius 2 is 1.57 bits per heavy atom. The molecule has 1 aliphatic rings. The maximum absolute atomic E-state index is 13.4. The van der Waals surface area contributed by atoms with Crippen LogP contribution in [-0.4, -0.2) is 48.9 Å². The lowest BCUT2D eigenvalue weighted by atomic mass is 10.0. The molecule has 5 nitrogen and oxygen atoms in total. The zero-order valence-corrected chi connectivity index (χ0v) is 21.7. The normalized spacial score (nSPS) is 15.8. The molecule has 1 heterocycles. The number of carbonyl (C=O) groups excluding carboxylic acids is 1. The number of likely N-dealkylation sites (N-methyl/N-ethyl adjacent to an activating group) is 1. The minimum absolute atomic E-state index is 0.153. The topological polar surface area (TPSA) is 47.6 Å². The molecule has 0 bridgehead atoms. The van der Waals surface area contributed by atoms with Crippen LogP contribution in [0.15, 0.2) is 66.7 Å². The Bertz CT molecular complexity index is 1210. The van der Waals surface area contributed by atoms with E-state index in [4.69, 9.17) is 23.2 Å². The molecule has 3 aromatic carbocycles. The van der Waals surface area contributed by atoms with Crippen LogP contribution in [0.4, 0.5) is 24.5 Å². The summed E-state index contributed by atoms with van der Waals surface area (Å²) in [4.78, 5) is 17.8. The second kappa shape index (κ2) is 11.7. The number of hydrogen-bond donors (Lipinski definition) is 2. The molecule has 3 aromatic rings. The molecule has 4 rings (SSSR count). The zero-order chi connectivity index (χ0) is 26.6. The smallest absolute Gasteiger partial charge is 0.356 e. The third kappa shape index (κ3) is 7.38. The average Bonchev–Trinajstić information content (AvgIpc) is 2.84. The van der Waals surface area contributed by atoms with E-state index in [0.717, 1.165) is 49.4 Å². The number of carbonyl (C=O) groups is 1. The van der Waals surface area contributed by atoms with Crippen molar-refractivity contribution >= 4 is 40.5 Å². The molecule has 0 saturated carbocycles. The summed E-state index contributed by atoms with van der Waals surface area (Å²) in [5, 5.41) is 7.00. The van der Waals surface area contributed by atoms with Gasteiger partial charge in [0, 0.05) is 54.1 Å². The fourth-order valence-corrected chi connectivity index (χ4v) is 4.87. The van der Waals surface area contributed by atoms with Gasteiger partial charge >= 0.3 is 6.18 Å². The van der Waals surface area contributed by atoms with Crippen LogP contribution >= 0.6 is 23.2 Å². The van der Waals surface area contributed by atoms with Gasteiger partial charge in [0.2, 0.25) is 5.91 Å². The second-order valence-corrected chi connectivity index (χ2v) is 9.94. The second-order valence-electron chi connectivity index (χ2n) is 9.06. The third-order valence-electron chi connectivity index (χ3n) is 6.25. The number of nitrogens with zero attached hydrogens (tertiary/aromatic N) is 2. The van der Waals surface area contributed by atoms with Gasteiger partial charge in [0.25, 0.3) is 0 Å². The first kappa shape index (κ1) is 27.3. The van der Waals surface area contributed by atoms with Gasteiger partial charge in [-0.1, -0.05) is 41.4 Å². The lowest BCUT2D eigenvalue weighted by Crippen LogP contribution is -2.49. The summed E-state index contributed by atoms with van der Waals surface area (Å²) in [5.41, 5.74) is 1.82. The van der Waals surface area contributed by atoms with Crippen LogP contribution < -0.4 is 10.6 Å². The van der Waals surface area contributed by atoms with Gasteiger partial charge in [0.05, 0.1) is 5.56 Å². The van der Waals surface area contributed by atoms with Crippen LogP contribution in [0.3, 0.4) is 0 Å². The fraction of sp³-hybridized carbons (Fsp3) is 0.296. The van der Waals surface area contributed by atoms with E-state index in [-0.39, 0.29) is 12.5 Å². The highest BCUT2D eigenvalue weighted by molar-refractivity contribution is 6.34. The van der Waals surface area contributed by atoms with Crippen LogP contribution in [0.1, 0.15) is 22.7 Å². The summed E-state index contributed by atoms with van der Waals surface area (Å²) < 4.78 is 39.1. The van der Waals surface area contributed by atoms with E-state index in [0.29, 0.717) is 21.4 Å². The molecule has 196 valence electrons. The van der Waals surface area contributed by atoms with Crippen molar-refractivity contribution in [3.8, 4) is 0 Å². The van der Waals surface area contributed by atoms with Crippen molar-refractivity contribution in [3.63, 3.8) is 0 Å². The van der Waals surface area contributed by atoms with Gasteiger partial charge in [0.1, 0.15) is 6.04 Å². The van der Waals surface area contributed by atoms with E-state index in [1.807, 2.05) is 19.2 Å². The van der Waals surface area contributed by atoms with Gasteiger partial charge in [-0.3, -0.25) is 9.69 Å². The van der Waals surface area contributed by atoms with E-state index in [1.165, 1.54) is 6.07 Å². The van der Waals surface area contributed by atoms with Crippen molar-refractivity contribution in [3.05, 3.63) is 93.5 Å². The molecule has 1 unspecified atom stereocenters. The highest BCUT2D eigenvalue weighted by Gasteiger charge is 2.31. The first-order valence-corrected chi connectivity index (χ1v) is 12.5. The number of piperazine rings is 1. The molecule has 10 heteroatoms. The predicted molar refractivity (Wildman–Crippen MR) is 141 cm³/mol. The quantitative estimate of drug-likeness (QED) is 0.359. The minimum atomic E-state index is -4.42. The number of amides is 1. The molecule has 1 fully saturated rings. The molecule has 0 spiro atoms. The first-order valence-electron chi connectivity index (χ1n) is 11.8. The molecule has 0 radical (unpaired) electrons. The monoisotopic (exact) mass is 550 g/mol. The Morgan fingerprint density at radius 1 is 0.919 bits per heavy atom. The number of anilines is 2. The number of rotatable bonds is 7. The van der Waals surface area contributed by atoms with E-state index in [9.17, 15) is 18.0 Å². The summed E-state index contributed by atoms with van der Waals surface area (Å²) in [7, 11) is 2.05. The van der Waals surface area contributed by atoms with Crippen LogP contribution in [0.25, 0.3) is 0 Å². The maximum atomic E-state index is 13.4. The highest BCUT2D eigenvalue weighted by Crippen LogP contribution is 2.32. The van der Waals surface area contributed by atoms with Crippen molar-refractivity contribution in [2.24, 2.45) is 0 Å². The maximum Gasteiger partial charge on any atom is 0.416 e. The molecule has 37 heavy (non-hydrogen) atoms.